The van der Waals surface area contributed by atoms with Crippen molar-refractivity contribution >= 4 is 52.4 Å². The largest absolute Gasteiger partial charge is 0.293 e. The topological polar surface area (TPSA) is 65.9 Å². The van der Waals surface area contributed by atoms with Gasteiger partial charge >= 0.3 is 0 Å². The lowest BCUT2D eigenvalue weighted by molar-refractivity contribution is 0.337. The van der Waals surface area contributed by atoms with Gasteiger partial charge < -0.3 is 0 Å². The van der Waals surface area contributed by atoms with Crippen LogP contribution in [-0.2, 0) is 0 Å². The van der Waals surface area contributed by atoms with Crippen molar-refractivity contribution < 1.29 is 0 Å². The van der Waals surface area contributed by atoms with Gasteiger partial charge in [-0.15, -0.1) is 0 Å². The molecule has 3 aromatic rings. The van der Waals surface area contributed by atoms with Gasteiger partial charge in [0.1, 0.15) is 17.4 Å². The molecule has 130 valence electrons. The lowest BCUT2D eigenvalue weighted by Gasteiger charge is -2.26. The minimum Gasteiger partial charge on any atom is -0.293 e. The molecule has 0 aliphatic carbocycles. The van der Waals surface area contributed by atoms with E-state index in [0.29, 0.717) is 12.5 Å². The second-order valence-electron chi connectivity index (χ2n) is 6.16. The SMILES string of the molecule is CCC1CN(CCC#N)CN1n1cnc2cnc3c(ccn3SI)c21. The zero-order valence-electron chi connectivity index (χ0n) is 13.8. The summed E-state index contributed by atoms with van der Waals surface area (Å²) in [5.74, 6) is 0. The fourth-order valence-electron chi connectivity index (χ4n) is 3.52. The highest BCUT2D eigenvalue weighted by atomic mass is 127. The number of aromatic nitrogens is 4. The molecule has 0 radical (unpaired) electrons. The van der Waals surface area contributed by atoms with Crippen molar-refractivity contribution in [2.24, 2.45) is 0 Å². The Morgan fingerprint density at radius 1 is 1.44 bits per heavy atom. The molecular formula is C16H18IN7S. The third kappa shape index (κ3) is 2.86. The van der Waals surface area contributed by atoms with E-state index in [0.717, 1.165) is 48.2 Å². The number of nitrogens with zero attached hydrogens (tertiary/aromatic N) is 7. The Labute approximate surface area is 162 Å². The summed E-state index contributed by atoms with van der Waals surface area (Å²) in [7, 11) is 1.61. The molecule has 0 spiro atoms. The Hall–Kier alpha value is -1.51. The fourth-order valence-corrected chi connectivity index (χ4v) is 4.79. The monoisotopic (exact) mass is 467 g/mol. The van der Waals surface area contributed by atoms with E-state index in [1.54, 1.807) is 9.12 Å². The summed E-state index contributed by atoms with van der Waals surface area (Å²) < 4.78 is 4.25. The maximum Gasteiger partial charge on any atom is 0.152 e. The quantitative estimate of drug-likeness (QED) is 0.538. The molecule has 1 unspecified atom stereocenters. The predicted molar refractivity (Wildman–Crippen MR) is 109 cm³/mol. The van der Waals surface area contributed by atoms with Crippen molar-refractivity contribution in [2.75, 3.05) is 24.8 Å². The summed E-state index contributed by atoms with van der Waals surface area (Å²) in [4.78, 5) is 11.5. The number of rotatable bonds is 5. The van der Waals surface area contributed by atoms with Crippen LogP contribution in [0.3, 0.4) is 0 Å². The fraction of sp³-hybridized carbons (Fsp3) is 0.438. The molecule has 0 N–H and O–H groups in total. The van der Waals surface area contributed by atoms with Gasteiger partial charge in [-0.25, -0.2) is 14.6 Å². The zero-order valence-corrected chi connectivity index (χ0v) is 16.8. The van der Waals surface area contributed by atoms with Gasteiger partial charge in [-0.1, -0.05) is 6.92 Å². The van der Waals surface area contributed by atoms with Crippen molar-refractivity contribution in [3.05, 3.63) is 24.8 Å². The van der Waals surface area contributed by atoms with E-state index in [9.17, 15) is 0 Å². The second-order valence-corrected chi connectivity index (χ2v) is 7.87. The van der Waals surface area contributed by atoms with Gasteiger partial charge in [-0.05, 0) is 12.5 Å². The molecule has 25 heavy (non-hydrogen) atoms. The summed E-state index contributed by atoms with van der Waals surface area (Å²) in [6, 6.07) is 4.77. The summed E-state index contributed by atoms with van der Waals surface area (Å²) in [6.45, 7) is 4.83. The average Bonchev–Trinajstić information content (AvgIpc) is 3.34. The molecule has 0 aromatic carbocycles. The summed E-state index contributed by atoms with van der Waals surface area (Å²) >= 11 is 2.27. The van der Waals surface area contributed by atoms with Crippen molar-refractivity contribution in [1.82, 2.24) is 23.5 Å². The van der Waals surface area contributed by atoms with Crippen LogP contribution in [-0.4, -0.2) is 49.3 Å². The Bertz CT molecular complexity index is 943. The number of halogens is 1. The van der Waals surface area contributed by atoms with Crippen LogP contribution in [0.2, 0.25) is 0 Å². The van der Waals surface area contributed by atoms with Crippen LogP contribution in [0, 0.1) is 11.3 Å². The molecule has 7 nitrogen and oxygen atoms in total. The highest BCUT2D eigenvalue weighted by molar-refractivity contribution is 14.2. The van der Waals surface area contributed by atoms with Gasteiger partial charge in [0.05, 0.1) is 25.0 Å². The molecule has 0 amide bonds. The molecule has 4 heterocycles. The highest BCUT2D eigenvalue weighted by Crippen LogP contribution is 2.29. The van der Waals surface area contributed by atoms with Gasteiger partial charge in [0.25, 0.3) is 0 Å². The van der Waals surface area contributed by atoms with Crippen molar-refractivity contribution in [3.63, 3.8) is 0 Å². The lowest BCUT2D eigenvalue weighted by atomic mass is 10.2. The first-order valence-electron chi connectivity index (χ1n) is 8.25. The van der Waals surface area contributed by atoms with Crippen molar-refractivity contribution in [1.29, 1.82) is 5.26 Å². The smallest absolute Gasteiger partial charge is 0.152 e. The first-order chi connectivity index (χ1) is 12.3. The first kappa shape index (κ1) is 16.9. The van der Waals surface area contributed by atoms with Crippen LogP contribution in [0.5, 0.6) is 0 Å². The summed E-state index contributed by atoms with van der Waals surface area (Å²) in [6.07, 6.45) is 7.42. The lowest BCUT2D eigenvalue weighted by Crippen LogP contribution is -2.39. The number of imidazole rings is 1. The predicted octanol–water partition coefficient (Wildman–Crippen LogP) is 3.14. The standard InChI is InChI=1S/C16H18IN7S/c1-2-12-9-21(6-3-5-18)11-23(12)22-10-20-14-8-19-16-13(15(14)22)4-7-24(16)25-17/h4,7-8,10,12H,2-3,6,9,11H2,1H3. The number of nitriles is 1. The van der Waals surface area contributed by atoms with Gasteiger partial charge in [0.2, 0.25) is 0 Å². The van der Waals surface area contributed by atoms with Crippen molar-refractivity contribution in [2.45, 2.75) is 25.8 Å². The van der Waals surface area contributed by atoms with Crippen LogP contribution in [0.15, 0.2) is 24.8 Å². The molecule has 3 aromatic heterocycles. The van der Waals surface area contributed by atoms with Crippen molar-refractivity contribution in [3.8, 4) is 6.07 Å². The Morgan fingerprint density at radius 2 is 2.32 bits per heavy atom. The van der Waals surface area contributed by atoms with E-state index in [1.165, 1.54) is 0 Å². The molecule has 0 bridgehead atoms. The molecule has 1 aliphatic rings. The minimum atomic E-state index is 0.417. The normalized spacial score (nSPS) is 18.4. The Morgan fingerprint density at radius 3 is 3.08 bits per heavy atom. The molecule has 1 saturated heterocycles. The maximum atomic E-state index is 8.87. The summed E-state index contributed by atoms with van der Waals surface area (Å²) in [5.41, 5.74) is 2.98. The number of hydrogen-bond acceptors (Lipinski definition) is 6. The third-order valence-corrected chi connectivity index (χ3v) is 6.48. The third-order valence-electron chi connectivity index (χ3n) is 4.77. The molecule has 1 aliphatic heterocycles. The van der Waals surface area contributed by atoms with Crippen LogP contribution in [0.4, 0.5) is 0 Å². The molecule has 9 heteroatoms. The number of pyridine rings is 1. The van der Waals surface area contributed by atoms with Crippen LogP contribution in [0.25, 0.3) is 22.1 Å². The molecule has 1 atom stereocenters. The van der Waals surface area contributed by atoms with E-state index in [4.69, 9.17) is 5.26 Å². The molecular weight excluding hydrogens is 449 g/mol. The number of hydrogen-bond donors (Lipinski definition) is 0. The van der Waals surface area contributed by atoms with E-state index < -0.39 is 0 Å². The maximum absolute atomic E-state index is 8.87. The van der Waals surface area contributed by atoms with E-state index in [-0.39, 0.29) is 0 Å². The highest BCUT2D eigenvalue weighted by Gasteiger charge is 2.30. The average molecular weight is 467 g/mol. The van der Waals surface area contributed by atoms with Gasteiger partial charge in [-0.3, -0.25) is 13.9 Å². The van der Waals surface area contributed by atoms with Gasteiger partial charge in [0.15, 0.2) is 5.65 Å². The Kier molecular flexibility index (Phi) is 4.75. The van der Waals surface area contributed by atoms with E-state index >= 15 is 0 Å². The van der Waals surface area contributed by atoms with E-state index in [1.807, 2.05) is 18.7 Å². The Balaban J connectivity index is 1.78. The zero-order chi connectivity index (χ0) is 17.4. The molecule has 1 fully saturated rings. The van der Waals surface area contributed by atoms with Crippen LogP contribution >= 0.6 is 30.3 Å². The van der Waals surface area contributed by atoms with Gasteiger partial charge in [0, 0.05) is 61.4 Å². The molecule has 4 rings (SSSR count). The van der Waals surface area contributed by atoms with E-state index in [2.05, 4.69) is 68.8 Å². The summed E-state index contributed by atoms with van der Waals surface area (Å²) in [5, 5.41) is 12.3. The second kappa shape index (κ2) is 7.01. The number of fused-ring (bicyclic) bond motifs is 3. The van der Waals surface area contributed by atoms with Crippen LogP contribution < -0.4 is 5.01 Å². The molecule has 0 saturated carbocycles. The first-order valence-corrected chi connectivity index (χ1v) is 11.6. The van der Waals surface area contributed by atoms with Crippen LogP contribution in [0.1, 0.15) is 19.8 Å². The minimum absolute atomic E-state index is 0.417. The van der Waals surface area contributed by atoms with Gasteiger partial charge in [-0.2, -0.15) is 5.26 Å².